The van der Waals surface area contributed by atoms with Gasteiger partial charge < -0.3 is 11.5 Å². The van der Waals surface area contributed by atoms with Crippen molar-refractivity contribution in [2.45, 2.75) is 6.42 Å². The van der Waals surface area contributed by atoms with E-state index in [9.17, 15) is 4.79 Å². The molecule has 0 aliphatic heterocycles. The van der Waals surface area contributed by atoms with Gasteiger partial charge in [0.15, 0.2) is 0 Å². The minimum atomic E-state index is -0.770. The third-order valence-electron chi connectivity index (χ3n) is 1.78. The van der Waals surface area contributed by atoms with Crippen LogP contribution in [0.4, 0.5) is 4.79 Å². The van der Waals surface area contributed by atoms with Gasteiger partial charge in [0.2, 0.25) is 5.96 Å². The van der Waals surface area contributed by atoms with Gasteiger partial charge >= 0.3 is 6.03 Å². The summed E-state index contributed by atoms with van der Waals surface area (Å²) in [6.45, 7) is 0. The lowest BCUT2D eigenvalue weighted by Crippen LogP contribution is -2.39. The van der Waals surface area contributed by atoms with Gasteiger partial charge in [0.05, 0.1) is 16.9 Å². The number of hydrogen-bond donors (Lipinski definition) is 3. The molecule has 5 N–H and O–H groups in total. The van der Waals surface area contributed by atoms with E-state index >= 15 is 0 Å². The van der Waals surface area contributed by atoms with Crippen molar-refractivity contribution >= 4 is 23.6 Å². The Labute approximate surface area is 109 Å². The zero-order chi connectivity index (χ0) is 13.4. The zero-order valence-corrected chi connectivity index (χ0v) is 10.2. The number of aromatic nitrogens is 1. The van der Waals surface area contributed by atoms with E-state index in [0.717, 1.165) is 5.69 Å². The van der Waals surface area contributed by atoms with Gasteiger partial charge in [0, 0.05) is 12.6 Å². The number of nitrogens with zero attached hydrogens (tertiary/aromatic N) is 2. The predicted molar refractivity (Wildman–Crippen MR) is 69.9 cm³/mol. The Kier molecular flexibility index (Phi) is 5.44. The van der Waals surface area contributed by atoms with E-state index in [-0.39, 0.29) is 5.96 Å². The lowest BCUT2D eigenvalue weighted by Gasteiger charge is -1.96. The number of rotatable bonds is 3. The second-order valence-electron chi connectivity index (χ2n) is 3.14. The molecule has 0 saturated heterocycles. The molecular weight excluding hydrogens is 254 g/mol. The molecule has 0 radical (unpaired) electrons. The molecule has 2 amide bonds. The van der Waals surface area contributed by atoms with Crippen LogP contribution < -0.4 is 16.8 Å². The average Bonchev–Trinajstić information content (AvgIpc) is 2.30. The third-order valence-corrected chi connectivity index (χ3v) is 2.12. The maximum atomic E-state index is 10.4. The maximum Gasteiger partial charge on any atom is 0.318 e. The van der Waals surface area contributed by atoms with Gasteiger partial charge in [0.1, 0.15) is 0 Å². The van der Waals surface area contributed by atoms with E-state index in [4.69, 9.17) is 23.1 Å². The number of aliphatic imine (C=N–C) groups is 1. The molecule has 1 rings (SSSR count). The topological polar surface area (TPSA) is 106 Å². The molecule has 0 bridgehead atoms. The number of nitrogens with one attached hydrogen (secondary N) is 1. The predicted octanol–water partition coefficient (Wildman–Crippen LogP) is 0.929. The number of carbonyl (C=O) groups is 1. The van der Waals surface area contributed by atoms with Crippen LogP contribution in [0.5, 0.6) is 0 Å². The Bertz CT molecular complexity index is 520. The summed E-state index contributed by atoms with van der Waals surface area (Å²) in [5.41, 5.74) is 13.7. The molecule has 94 valence electrons. The van der Waals surface area contributed by atoms with E-state index in [1.807, 2.05) is 0 Å². The van der Waals surface area contributed by atoms with Crippen molar-refractivity contribution < 1.29 is 4.79 Å². The van der Waals surface area contributed by atoms with Crippen LogP contribution in [0, 0.1) is 0 Å². The van der Waals surface area contributed by atoms with Crippen LogP contribution in [-0.2, 0) is 6.42 Å². The monoisotopic (exact) mass is 265 g/mol. The van der Waals surface area contributed by atoms with E-state index in [1.54, 1.807) is 24.4 Å². The molecule has 18 heavy (non-hydrogen) atoms. The van der Waals surface area contributed by atoms with Crippen molar-refractivity contribution in [1.29, 1.82) is 0 Å². The summed E-state index contributed by atoms with van der Waals surface area (Å²) in [5.74, 6) is -0.0979. The van der Waals surface area contributed by atoms with Crippen molar-refractivity contribution in [2.75, 3.05) is 0 Å². The average molecular weight is 266 g/mol. The first-order valence-corrected chi connectivity index (χ1v) is 5.36. The van der Waals surface area contributed by atoms with Crippen molar-refractivity contribution in [1.82, 2.24) is 10.3 Å². The molecule has 1 heterocycles. The lowest BCUT2D eigenvalue weighted by atomic mass is 10.2. The van der Waals surface area contributed by atoms with Crippen LogP contribution in [0.1, 0.15) is 5.69 Å². The molecule has 0 atom stereocenters. The highest BCUT2D eigenvalue weighted by Crippen LogP contribution is 2.12. The van der Waals surface area contributed by atoms with Gasteiger partial charge in [-0.2, -0.15) is 0 Å². The zero-order valence-electron chi connectivity index (χ0n) is 9.43. The summed E-state index contributed by atoms with van der Waals surface area (Å²) in [7, 11) is 0. The first kappa shape index (κ1) is 13.8. The van der Waals surface area contributed by atoms with E-state index in [1.165, 1.54) is 6.20 Å². The van der Waals surface area contributed by atoms with Crippen LogP contribution >= 0.6 is 11.6 Å². The number of allylic oxidation sites excluding steroid dienone is 1. The van der Waals surface area contributed by atoms with Gasteiger partial charge in [0.25, 0.3) is 0 Å². The summed E-state index contributed by atoms with van der Waals surface area (Å²) in [6, 6.07) is 2.74. The standard InChI is InChI=1S/C11H12ClN5O/c12-8-4-3-7-15-9(8)5-1-2-6-16-10(13)17-11(14)18/h1,3-4,6-7H,5H2,(H5,13,14,16,17,18). The molecule has 6 nitrogen and oxygen atoms in total. The Morgan fingerprint density at radius 2 is 2.39 bits per heavy atom. The number of pyridine rings is 1. The third kappa shape index (κ3) is 5.16. The smallest absolute Gasteiger partial charge is 0.318 e. The number of nitrogens with two attached hydrogens (primary N) is 2. The van der Waals surface area contributed by atoms with E-state index in [2.05, 4.69) is 21.0 Å². The first-order chi connectivity index (χ1) is 8.59. The number of primary amides is 1. The summed E-state index contributed by atoms with van der Waals surface area (Å²) in [6.07, 6.45) is 5.18. The number of hydrogen-bond acceptors (Lipinski definition) is 3. The van der Waals surface area contributed by atoms with Crippen molar-refractivity contribution in [3.63, 3.8) is 0 Å². The quantitative estimate of drug-likeness (QED) is 0.430. The number of halogens is 1. The molecule has 1 aromatic rings. The van der Waals surface area contributed by atoms with Gasteiger partial charge in [-0.3, -0.25) is 10.3 Å². The normalized spacial score (nSPS) is 10.4. The van der Waals surface area contributed by atoms with E-state index < -0.39 is 6.03 Å². The Hall–Kier alpha value is -2.30. The van der Waals surface area contributed by atoms with Crippen LogP contribution in [0.3, 0.4) is 0 Å². The van der Waals surface area contributed by atoms with Gasteiger partial charge in [-0.15, -0.1) is 5.73 Å². The number of amides is 2. The molecule has 0 aliphatic rings. The molecule has 0 aliphatic carbocycles. The molecule has 0 fully saturated rings. The SMILES string of the molecule is NC(=O)NC(N)=NC=C=CCc1ncccc1Cl. The van der Waals surface area contributed by atoms with E-state index in [0.29, 0.717) is 11.4 Å². The summed E-state index contributed by atoms with van der Waals surface area (Å²) >= 11 is 5.92. The molecular formula is C11H12ClN5O. The molecule has 0 spiro atoms. The fourth-order valence-corrected chi connectivity index (χ4v) is 1.24. The fourth-order valence-electron chi connectivity index (χ4n) is 1.04. The van der Waals surface area contributed by atoms with Crippen LogP contribution in [0.2, 0.25) is 5.02 Å². The van der Waals surface area contributed by atoms with Crippen LogP contribution in [0.15, 0.2) is 41.3 Å². The van der Waals surface area contributed by atoms with Gasteiger partial charge in [-0.1, -0.05) is 11.6 Å². The fraction of sp³-hybridized carbons (Fsp3) is 0.0909. The molecule has 0 unspecified atom stereocenters. The number of urea groups is 1. The highest BCUT2D eigenvalue weighted by Gasteiger charge is 1.96. The largest absolute Gasteiger partial charge is 0.369 e. The Morgan fingerprint density at radius 1 is 1.61 bits per heavy atom. The lowest BCUT2D eigenvalue weighted by molar-refractivity contribution is 0.253. The van der Waals surface area contributed by atoms with Crippen molar-refractivity contribution in [3.8, 4) is 0 Å². The minimum absolute atomic E-state index is 0.0979. The van der Waals surface area contributed by atoms with Crippen molar-refractivity contribution in [3.05, 3.63) is 47.1 Å². The molecule has 0 aromatic carbocycles. The highest BCUT2D eigenvalue weighted by molar-refractivity contribution is 6.31. The van der Waals surface area contributed by atoms with Crippen molar-refractivity contribution in [2.24, 2.45) is 16.5 Å². The van der Waals surface area contributed by atoms with Crippen LogP contribution in [0.25, 0.3) is 0 Å². The second-order valence-corrected chi connectivity index (χ2v) is 3.55. The highest BCUT2D eigenvalue weighted by atomic mass is 35.5. The van der Waals surface area contributed by atoms with Gasteiger partial charge in [-0.05, 0) is 18.2 Å². The molecule has 7 heteroatoms. The Morgan fingerprint density at radius 3 is 3.06 bits per heavy atom. The maximum absolute atomic E-state index is 10.4. The first-order valence-electron chi connectivity index (χ1n) is 4.98. The Balaban J connectivity index is 2.55. The summed E-state index contributed by atoms with van der Waals surface area (Å²) in [5, 5.41) is 2.70. The molecule has 0 saturated carbocycles. The van der Waals surface area contributed by atoms with Gasteiger partial charge in [-0.25, -0.2) is 9.79 Å². The summed E-state index contributed by atoms with van der Waals surface area (Å²) in [4.78, 5) is 18.2. The molecule has 1 aromatic heterocycles. The number of carbonyl (C=O) groups excluding carboxylic acids is 1. The minimum Gasteiger partial charge on any atom is -0.369 e. The van der Waals surface area contributed by atoms with Crippen LogP contribution in [-0.4, -0.2) is 17.0 Å². The second kappa shape index (κ2) is 7.11. The summed E-state index contributed by atoms with van der Waals surface area (Å²) < 4.78 is 0. The number of guanidine groups is 1.